The molecular weight excluding hydrogens is 176 g/mol. The molecule has 0 bridgehead atoms. The van der Waals surface area contributed by atoms with Crippen LogP contribution in [-0.2, 0) is 6.42 Å². The van der Waals surface area contributed by atoms with Crippen LogP contribution in [0.5, 0.6) is 0 Å². The van der Waals surface area contributed by atoms with Crippen LogP contribution in [0.2, 0.25) is 0 Å². The van der Waals surface area contributed by atoms with Crippen molar-refractivity contribution in [2.45, 2.75) is 6.42 Å². The highest BCUT2D eigenvalue weighted by atomic mass is 14.8. The Morgan fingerprint density at radius 1 is 1.00 bits per heavy atom. The van der Waals surface area contributed by atoms with Gasteiger partial charge in [-0.1, -0.05) is 0 Å². The molecule has 0 aliphatic carbocycles. The predicted molar refractivity (Wildman–Crippen MR) is 51.2 cm³/mol. The molecular formula is C10H9N4. The van der Waals surface area contributed by atoms with Gasteiger partial charge in [0, 0.05) is 43.8 Å². The van der Waals surface area contributed by atoms with E-state index in [1.165, 1.54) is 0 Å². The lowest BCUT2D eigenvalue weighted by atomic mass is 10.2. The van der Waals surface area contributed by atoms with Gasteiger partial charge < -0.3 is 0 Å². The minimum Gasteiger partial charge on any atom is -0.261 e. The lowest BCUT2D eigenvalue weighted by molar-refractivity contribution is 0.964. The molecule has 0 saturated heterocycles. The maximum absolute atomic E-state index is 4.14. The van der Waals surface area contributed by atoms with E-state index < -0.39 is 0 Å². The van der Waals surface area contributed by atoms with Gasteiger partial charge in [-0.3, -0.25) is 9.97 Å². The van der Waals surface area contributed by atoms with Gasteiger partial charge in [0.25, 0.3) is 0 Å². The van der Waals surface area contributed by atoms with Gasteiger partial charge >= 0.3 is 0 Å². The molecule has 0 amide bonds. The van der Waals surface area contributed by atoms with Crippen molar-refractivity contribution in [3.8, 4) is 0 Å². The average Bonchev–Trinajstić information content (AvgIpc) is 2.29. The number of rotatable bonds is 3. The van der Waals surface area contributed by atoms with Gasteiger partial charge in [0.05, 0.1) is 5.69 Å². The fraction of sp³-hybridized carbons (Fsp3) is 0.100. The summed E-state index contributed by atoms with van der Waals surface area (Å²) in [6.45, 7) is 0. The first-order valence-electron chi connectivity index (χ1n) is 4.30. The molecule has 0 aliphatic heterocycles. The minimum atomic E-state index is 0.706. The van der Waals surface area contributed by atoms with Crippen molar-refractivity contribution in [1.82, 2.24) is 19.9 Å². The molecule has 0 aromatic carbocycles. The zero-order valence-corrected chi connectivity index (χ0v) is 7.54. The van der Waals surface area contributed by atoms with Crippen LogP contribution in [0.25, 0.3) is 0 Å². The van der Waals surface area contributed by atoms with E-state index in [9.17, 15) is 0 Å². The molecule has 69 valence electrons. The van der Waals surface area contributed by atoms with Crippen molar-refractivity contribution in [3.05, 3.63) is 55.0 Å². The Hall–Kier alpha value is -1.84. The van der Waals surface area contributed by atoms with Crippen LogP contribution in [0.15, 0.2) is 37.1 Å². The van der Waals surface area contributed by atoms with Crippen LogP contribution in [0, 0.1) is 6.42 Å². The van der Waals surface area contributed by atoms with Crippen LogP contribution >= 0.6 is 0 Å². The molecule has 4 nitrogen and oxygen atoms in total. The van der Waals surface area contributed by atoms with Gasteiger partial charge in [-0.05, 0) is 6.07 Å². The second kappa shape index (κ2) is 4.41. The Labute approximate surface area is 82.1 Å². The highest BCUT2D eigenvalue weighted by Crippen LogP contribution is 2.00. The van der Waals surface area contributed by atoms with Crippen molar-refractivity contribution >= 4 is 0 Å². The highest BCUT2D eigenvalue weighted by molar-refractivity contribution is 5.08. The molecule has 0 unspecified atom stereocenters. The SMILES string of the molecule is [CH](Cc1cnccn1)c1ncccn1. The molecule has 1 radical (unpaired) electrons. The van der Waals surface area contributed by atoms with E-state index in [-0.39, 0.29) is 0 Å². The fourth-order valence-corrected chi connectivity index (χ4v) is 1.05. The third-order valence-corrected chi connectivity index (χ3v) is 1.70. The maximum atomic E-state index is 4.14. The molecule has 0 N–H and O–H groups in total. The lowest BCUT2D eigenvalue weighted by Gasteiger charge is -1.97. The zero-order chi connectivity index (χ0) is 9.64. The normalized spacial score (nSPS) is 10.0. The Morgan fingerprint density at radius 2 is 1.86 bits per heavy atom. The first-order valence-corrected chi connectivity index (χ1v) is 4.30. The summed E-state index contributed by atoms with van der Waals surface area (Å²) in [5, 5.41) is 0. The van der Waals surface area contributed by atoms with Crippen LogP contribution in [0.4, 0.5) is 0 Å². The summed E-state index contributed by atoms with van der Waals surface area (Å²) in [6.07, 6.45) is 11.1. The van der Waals surface area contributed by atoms with Crippen molar-refractivity contribution in [2.75, 3.05) is 0 Å². The number of hydrogen-bond acceptors (Lipinski definition) is 4. The van der Waals surface area contributed by atoms with Crippen molar-refractivity contribution in [1.29, 1.82) is 0 Å². The Kier molecular flexibility index (Phi) is 2.76. The summed E-state index contributed by atoms with van der Waals surface area (Å²) in [4.78, 5) is 16.3. The molecule has 2 aromatic heterocycles. The Morgan fingerprint density at radius 3 is 2.57 bits per heavy atom. The highest BCUT2D eigenvalue weighted by Gasteiger charge is 1.98. The molecule has 0 aliphatic rings. The van der Waals surface area contributed by atoms with E-state index in [4.69, 9.17) is 0 Å². The number of nitrogens with zero attached hydrogens (tertiary/aromatic N) is 4. The fourth-order valence-electron chi connectivity index (χ4n) is 1.05. The van der Waals surface area contributed by atoms with E-state index in [2.05, 4.69) is 19.9 Å². The summed E-state index contributed by atoms with van der Waals surface area (Å²) in [6, 6.07) is 1.79. The van der Waals surface area contributed by atoms with Crippen LogP contribution in [0.3, 0.4) is 0 Å². The summed E-state index contributed by atoms with van der Waals surface area (Å²) >= 11 is 0. The number of hydrogen-bond donors (Lipinski definition) is 0. The predicted octanol–water partition coefficient (Wildman–Crippen LogP) is 1.06. The smallest absolute Gasteiger partial charge is 0.132 e. The van der Waals surface area contributed by atoms with Gasteiger partial charge in [-0.25, -0.2) is 9.97 Å². The van der Waals surface area contributed by atoms with Crippen LogP contribution in [0.1, 0.15) is 11.5 Å². The summed E-state index contributed by atoms with van der Waals surface area (Å²) in [7, 11) is 0. The van der Waals surface area contributed by atoms with Crippen molar-refractivity contribution in [2.24, 2.45) is 0 Å². The van der Waals surface area contributed by atoms with E-state index in [0.717, 1.165) is 11.5 Å². The topological polar surface area (TPSA) is 51.6 Å². The van der Waals surface area contributed by atoms with Crippen molar-refractivity contribution < 1.29 is 0 Å². The van der Waals surface area contributed by atoms with E-state index in [1.807, 2.05) is 6.42 Å². The number of aromatic nitrogens is 4. The van der Waals surface area contributed by atoms with Gasteiger partial charge in [-0.15, -0.1) is 0 Å². The largest absolute Gasteiger partial charge is 0.261 e. The van der Waals surface area contributed by atoms with Crippen molar-refractivity contribution in [3.63, 3.8) is 0 Å². The minimum absolute atomic E-state index is 0.706. The zero-order valence-electron chi connectivity index (χ0n) is 7.54. The average molecular weight is 185 g/mol. The lowest BCUT2D eigenvalue weighted by Crippen LogP contribution is -1.96. The van der Waals surface area contributed by atoms with Crippen LogP contribution in [-0.4, -0.2) is 19.9 Å². The Balaban J connectivity index is 1.96. The van der Waals surface area contributed by atoms with Gasteiger partial charge in [0.15, 0.2) is 0 Å². The van der Waals surface area contributed by atoms with Crippen LogP contribution < -0.4 is 0 Å². The molecule has 0 atom stereocenters. The van der Waals surface area contributed by atoms with E-state index in [0.29, 0.717) is 6.42 Å². The third-order valence-electron chi connectivity index (χ3n) is 1.70. The first kappa shape index (κ1) is 8.74. The molecule has 2 heterocycles. The van der Waals surface area contributed by atoms with E-state index >= 15 is 0 Å². The van der Waals surface area contributed by atoms with E-state index in [1.54, 1.807) is 37.1 Å². The third kappa shape index (κ3) is 2.32. The molecule has 0 spiro atoms. The molecule has 0 saturated carbocycles. The monoisotopic (exact) mass is 185 g/mol. The van der Waals surface area contributed by atoms with Gasteiger partial charge in [-0.2, -0.15) is 0 Å². The molecule has 4 heteroatoms. The molecule has 14 heavy (non-hydrogen) atoms. The summed E-state index contributed by atoms with van der Waals surface area (Å²) in [5.41, 5.74) is 0.917. The summed E-state index contributed by atoms with van der Waals surface area (Å²) in [5.74, 6) is 0.721. The Bertz CT molecular complexity index is 334. The standard InChI is InChI=1S/C10H9N4/c1-4-13-10(14-5-1)3-2-9-8-11-6-7-12-9/h1,3-8H,2H2. The molecule has 2 aromatic rings. The maximum Gasteiger partial charge on any atom is 0.132 e. The van der Waals surface area contributed by atoms with Gasteiger partial charge in [0.1, 0.15) is 5.82 Å². The quantitative estimate of drug-likeness (QED) is 0.717. The second-order valence-corrected chi connectivity index (χ2v) is 2.71. The summed E-state index contributed by atoms with van der Waals surface area (Å²) < 4.78 is 0. The molecule has 2 rings (SSSR count). The van der Waals surface area contributed by atoms with Gasteiger partial charge in [0.2, 0.25) is 0 Å². The second-order valence-electron chi connectivity index (χ2n) is 2.71. The first-order chi connectivity index (χ1) is 6.95. The molecule has 0 fully saturated rings.